The Bertz CT molecular complexity index is 1630. The molecule has 0 unspecified atom stereocenters. The summed E-state index contributed by atoms with van der Waals surface area (Å²) in [5.74, 6) is -3.17. The van der Waals surface area contributed by atoms with E-state index in [0.29, 0.717) is 54.9 Å². The van der Waals surface area contributed by atoms with Crippen LogP contribution in [-0.4, -0.2) is 129 Å². The molecule has 2 aromatic rings. The molecule has 16 nitrogen and oxygen atoms in total. The van der Waals surface area contributed by atoms with E-state index in [0.717, 1.165) is 0 Å². The maximum atomic E-state index is 14.4. The van der Waals surface area contributed by atoms with E-state index < -0.39 is 71.8 Å². The monoisotopic (exact) mass is 831 g/mol. The molecule has 0 bridgehead atoms. The number of likely N-dealkylation sites (tertiary alicyclic amines) is 1. The minimum absolute atomic E-state index is 0.00744. The number of benzene rings is 2. The number of nitrogens with two attached hydrogens (primary N) is 2. The van der Waals surface area contributed by atoms with E-state index in [1.54, 1.807) is 24.3 Å². The van der Waals surface area contributed by atoms with E-state index in [1.165, 1.54) is 52.7 Å². The lowest BCUT2D eigenvalue weighted by Gasteiger charge is -2.31. The number of nitrogens with one attached hydrogen (secondary N) is 4. The summed E-state index contributed by atoms with van der Waals surface area (Å²) in [6.45, 7) is 0.549. The maximum Gasteiger partial charge on any atom is 0.326 e. The molecule has 3 rings (SSSR count). The van der Waals surface area contributed by atoms with Gasteiger partial charge in [-0.25, -0.2) is 4.79 Å². The number of thioether (sulfide) groups is 2. The molecule has 0 radical (unpaired) electrons. The number of carboxylic acid groups (broad SMARTS) is 1. The van der Waals surface area contributed by atoms with Crippen molar-refractivity contribution in [1.82, 2.24) is 26.2 Å². The van der Waals surface area contributed by atoms with Crippen molar-refractivity contribution in [3.8, 4) is 11.5 Å². The number of aromatic hydroxyl groups is 2. The highest BCUT2D eigenvalue weighted by Crippen LogP contribution is 2.22. The van der Waals surface area contributed by atoms with Crippen molar-refractivity contribution in [3.05, 3.63) is 59.7 Å². The summed E-state index contributed by atoms with van der Waals surface area (Å²) in [5, 5.41) is 40.4. The molecule has 6 atom stereocenters. The van der Waals surface area contributed by atoms with Crippen LogP contribution in [0.15, 0.2) is 48.5 Å². The third kappa shape index (κ3) is 15.4. The Morgan fingerprint density at radius 3 is 1.81 bits per heavy atom. The number of unbranched alkanes of at least 4 members (excludes halogenated alkanes) is 1. The van der Waals surface area contributed by atoms with Crippen molar-refractivity contribution >= 4 is 59.0 Å². The van der Waals surface area contributed by atoms with E-state index in [2.05, 4.69) is 21.3 Å². The highest BCUT2D eigenvalue weighted by Gasteiger charge is 2.40. The van der Waals surface area contributed by atoms with Crippen LogP contribution < -0.4 is 32.7 Å². The van der Waals surface area contributed by atoms with Crippen molar-refractivity contribution in [2.75, 3.05) is 37.1 Å². The van der Waals surface area contributed by atoms with Gasteiger partial charge >= 0.3 is 5.97 Å². The zero-order valence-electron chi connectivity index (χ0n) is 32.5. The number of rotatable bonds is 24. The standard InChI is InChI=1S/C39H57N7O9S2/c1-56-20-16-28(41)34(49)42-29(6-3-4-18-40)35(50)44-31(22-24-8-12-26(47)13-9-24)36(51)45-32(23-25-10-14-27(48)15-11-25)38(53)46-19-5-7-33(46)37(52)43-30(39(54)55)17-21-57-2/h8-15,28-33,47-48H,3-7,16-23,40-41H2,1-2H3,(H,42,49)(H,43,52)(H,44,50)(H,45,51)(H,54,55)/t28-,29-,30-,31-,32-,33-/m0/s1. The third-order valence-corrected chi connectivity index (χ3v) is 10.9. The number of aliphatic carboxylic acids is 1. The van der Waals surface area contributed by atoms with Crippen LogP contribution in [0.25, 0.3) is 0 Å². The molecule has 0 spiro atoms. The van der Waals surface area contributed by atoms with Gasteiger partial charge in [-0.1, -0.05) is 24.3 Å². The Labute approximate surface area is 342 Å². The fourth-order valence-electron chi connectivity index (χ4n) is 6.37. The Kier molecular flexibility index (Phi) is 20.0. The minimum atomic E-state index is -1.28. The molecule has 1 fully saturated rings. The van der Waals surface area contributed by atoms with Gasteiger partial charge in [-0.2, -0.15) is 23.5 Å². The summed E-state index contributed by atoms with van der Waals surface area (Å²) in [5.41, 5.74) is 12.9. The molecular weight excluding hydrogens is 775 g/mol. The van der Waals surface area contributed by atoms with Crippen LogP contribution in [0.1, 0.15) is 56.1 Å². The van der Waals surface area contributed by atoms with E-state index >= 15 is 0 Å². The highest BCUT2D eigenvalue weighted by atomic mass is 32.2. The predicted octanol–water partition coefficient (Wildman–Crippen LogP) is 0.860. The van der Waals surface area contributed by atoms with E-state index in [-0.39, 0.29) is 50.1 Å². The number of hydrogen-bond acceptors (Lipinski definition) is 12. The Morgan fingerprint density at radius 2 is 1.25 bits per heavy atom. The van der Waals surface area contributed by atoms with Crippen molar-refractivity contribution in [2.24, 2.45) is 11.5 Å². The SMILES string of the molecule is CSCC[C@H](NC(=O)[C@@H]1CCCN1C(=O)[C@H](Cc1ccc(O)cc1)NC(=O)[C@H](Cc1ccc(O)cc1)NC(=O)[C@H](CCCCN)NC(=O)[C@@H](N)CCSC)C(=O)O. The molecule has 314 valence electrons. The van der Waals surface area contributed by atoms with Gasteiger partial charge in [0.05, 0.1) is 6.04 Å². The number of phenolic OH excluding ortho intramolecular Hbond substituents is 2. The summed E-state index contributed by atoms with van der Waals surface area (Å²) < 4.78 is 0. The third-order valence-electron chi connectivity index (χ3n) is 9.61. The first-order valence-electron chi connectivity index (χ1n) is 19.0. The molecule has 1 saturated heterocycles. The van der Waals surface area contributed by atoms with Gasteiger partial charge in [-0.3, -0.25) is 24.0 Å². The highest BCUT2D eigenvalue weighted by molar-refractivity contribution is 7.98. The molecule has 2 aromatic carbocycles. The fraction of sp³-hybridized carbons (Fsp3) is 0.538. The first-order valence-corrected chi connectivity index (χ1v) is 21.8. The molecule has 1 aliphatic rings. The van der Waals surface area contributed by atoms with Gasteiger partial charge in [-0.05, 0) is 111 Å². The molecule has 57 heavy (non-hydrogen) atoms. The van der Waals surface area contributed by atoms with Crippen molar-refractivity contribution in [2.45, 2.75) is 94.0 Å². The number of hydrogen-bond donors (Lipinski definition) is 9. The van der Waals surface area contributed by atoms with Gasteiger partial charge in [-0.15, -0.1) is 0 Å². The Hall–Kier alpha value is -4.52. The number of phenols is 2. The van der Waals surface area contributed by atoms with Crippen LogP contribution >= 0.6 is 23.5 Å². The zero-order valence-corrected chi connectivity index (χ0v) is 34.1. The first-order chi connectivity index (χ1) is 27.3. The molecule has 0 saturated carbocycles. The number of carbonyl (C=O) groups is 6. The molecule has 0 aromatic heterocycles. The fourth-order valence-corrected chi connectivity index (χ4v) is 7.33. The summed E-state index contributed by atoms with van der Waals surface area (Å²) >= 11 is 2.97. The zero-order chi connectivity index (χ0) is 41.9. The second kappa shape index (κ2) is 24.3. The molecule has 0 aliphatic carbocycles. The second-order valence-corrected chi connectivity index (χ2v) is 15.9. The summed E-state index contributed by atoms with van der Waals surface area (Å²) in [7, 11) is 0. The quantitative estimate of drug-likeness (QED) is 0.0666. The molecule has 11 N–H and O–H groups in total. The molecule has 5 amide bonds. The Balaban J connectivity index is 1.93. The van der Waals surface area contributed by atoms with E-state index in [4.69, 9.17) is 11.5 Å². The van der Waals surface area contributed by atoms with Crippen LogP contribution in [-0.2, 0) is 41.6 Å². The lowest BCUT2D eigenvalue weighted by atomic mass is 10.0. The summed E-state index contributed by atoms with van der Waals surface area (Å²) in [6, 6.07) is 5.53. The van der Waals surface area contributed by atoms with Gasteiger partial charge in [0.2, 0.25) is 29.5 Å². The van der Waals surface area contributed by atoms with Crippen LogP contribution in [0.2, 0.25) is 0 Å². The van der Waals surface area contributed by atoms with Gasteiger partial charge in [0.15, 0.2) is 0 Å². The van der Waals surface area contributed by atoms with Crippen LogP contribution in [0.3, 0.4) is 0 Å². The average molecular weight is 832 g/mol. The maximum absolute atomic E-state index is 14.4. The minimum Gasteiger partial charge on any atom is -0.508 e. The summed E-state index contributed by atoms with van der Waals surface area (Å²) in [4.78, 5) is 82.4. The average Bonchev–Trinajstić information content (AvgIpc) is 3.69. The largest absolute Gasteiger partial charge is 0.508 e. The van der Waals surface area contributed by atoms with Gasteiger partial charge < -0.3 is 53.0 Å². The van der Waals surface area contributed by atoms with Crippen molar-refractivity contribution < 1.29 is 44.1 Å². The number of nitrogens with zero attached hydrogens (tertiary/aromatic N) is 1. The van der Waals surface area contributed by atoms with Crippen molar-refractivity contribution in [3.63, 3.8) is 0 Å². The summed E-state index contributed by atoms with van der Waals surface area (Å²) in [6.07, 6.45) is 6.24. The van der Waals surface area contributed by atoms with Gasteiger partial charge in [0.25, 0.3) is 0 Å². The lowest BCUT2D eigenvalue weighted by molar-refractivity contribution is -0.145. The van der Waals surface area contributed by atoms with E-state index in [9.17, 15) is 44.1 Å². The topological polar surface area (TPSA) is 267 Å². The Morgan fingerprint density at radius 1 is 0.719 bits per heavy atom. The molecule has 18 heteroatoms. The van der Waals surface area contributed by atoms with Crippen LogP contribution in [0.4, 0.5) is 0 Å². The molecule has 1 heterocycles. The lowest BCUT2D eigenvalue weighted by Crippen LogP contribution is -2.60. The van der Waals surface area contributed by atoms with E-state index in [1.807, 2.05) is 12.5 Å². The normalized spacial score (nSPS) is 16.4. The van der Waals surface area contributed by atoms with Gasteiger partial charge in [0, 0.05) is 19.4 Å². The molecule has 1 aliphatic heterocycles. The van der Waals surface area contributed by atoms with Crippen molar-refractivity contribution in [1.29, 1.82) is 0 Å². The van der Waals surface area contributed by atoms with Crippen LogP contribution in [0, 0.1) is 0 Å². The number of carbonyl (C=O) groups excluding carboxylic acids is 5. The van der Waals surface area contributed by atoms with Crippen LogP contribution in [0.5, 0.6) is 11.5 Å². The molecular formula is C39H57N7O9S2. The van der Waals surface area contributed by atoms with Gasteiger partial charge in [0.1, 0.15) is 41.7 Å². The smallest absolute Gasteiger partial charge is 0.326 e. The second-order valence-electron chi connectivity index (χ2n) is 14.0. The predicted molar refractivity (Wildman–Crippen MR) is 221 cm³/mol. The number of amides is 5. The number of carboxylic acids is 1. The first kappa shape index (κ1) is 46.9.